The molecule has 0 heterocycles. The Morgan fingerprint density at radius 3 is 1.62 bits per heavy atom. The molecule has 0 bridgehead atoms. The van der Waals surface area contributed by atoms with Crippen LogP contribution in [-0.2, 0) is 28.6 Å². The highest BCUT2D eigenvalue weighted by Gasteiger charge is 2.31. The molecule has 2 unspecified atom stereocenters. The molecule has 0 aromatic heterocycles. The number of carbonyl (C=O) groups is 3. The molecule has 0 aromatic carbocycles. The Morgan fingerprint density at radius 2 is 1.08 bits per heavy atom. The summed E-state index contributed by atoms with van der Waals surface area (Å²) < 4.78 is 17.2. The van der Waals surface area contributed by atoms with Crippen LogP contribution in [0.15, 0.2) is 72.9 Å². The summed E-state index contributed by atoms with van der Waals surface area (Å²) in [6.45, 7) is 4.50. The van der Waals surface area contributed by atoms with E-state index in [1.165, 1.54) is 44.9 Å². The van der Waals surface area contributed by atoms with E-state index in [0.29, 0.717) is 19.3 Å². The lowest BCUT2D eigenvalue weighted by molar-refractivity contribution is -0.887. The van der Waals surface area contributed by atoms with Crippen LogP contribution in [0.4, 0.5) is 0 Å². The average molecular weight is 743 g/mol. The maximum atomic E-state index is 12.7. The zero-order valence-corrected chi connectivity index (χ0v) is 34.2. The second-order valence-electron chi connectivity index (χ2n) is 14.6. The maximum absolute atomic E-state index is 12.7. The summed E-state index contributed by atoms with van der Waals surface area (Å²) in [4.78, 5) is 36.9. The molecule has 0 saturated heterocycles. The third-order valence-corrected chi connectivity index (χ3v) is 8.72. The summed E-state index contributed by atoms with van der Waals surface area (Å²) in [7, 11) is 5.49. The number of allylic oxidation sites excluding steroid dienone is 12. The van der Waals surface area contributed by atoms with Gasteiger partial charge in [-0.05, 0) is 57.8 Å². The summed E-state index contributed by atoms with van der Waals surface area (Å²) in [6, 6.07) is -0.626. The van der Waals surface area contributed by atoms with E-state index in [-0.39, 0.29) is 36.2 Å². The smallest absolute Gasteiger partial charge is 0.362 e. The zero-order valence-electron chi connectivity index (χ0n) is 34.2. The van der Waals surface area contributed by atoms with E-state index >= 15 is 0 Å². The van der Waals surface area contributed by atoms with Crippen LogP contribution in [0.5, 0.6) is 0 Å². The number of unbranched alkanes of at least 4 members (excludes halogenated alkanes) is 13. The van der Waals surface area contributed by atoms with E-state index in [0.717, 1.165) is 64.2 Å². The van der Waals surface area contributed by atoms with Crippen LogP contribution in [-0.4, -0.2) is 80.6 Å². The molecule has 8 heteroatoms. The molecule has 0 radical (unpaired) electrons. The Balaban J connectivity index is 4.51. The van der Waals surface area contributed by atoms with Crippen molar-refractivity contribution in [2.45, 2.75) is 154 Å². The van der Waals surface area contributed by atoms with Crippen molar-refractivity contribution in [1.29, 1.82) is 0 Å². The Morgan fingerprint density at radius 1 is 0.585 bits per heavy atom. The van der Waals surface area contributed by atoms with Crippen molar-refractivity contribution in [3.63, 3.8) is 0 Å². The number of aliphatic carboxylic acids is 1. The first-order valence-corrected chi connectivity index (χ1v) is 20.5. The molecule has 302 valence electrons. The number of hydrogen-bond donors (Lipinski definition) is 1. The average Bonchev–Trinajstić information content (AvgIpc) is 3.11. The van der Waals surface area contributed by atoms with Crippen LogP contribution in [0.1, 0.15) is 142 Å². The summed E-state index contributed by atoms with van der Waals surface area (Å²) in [5.74, 6) is -1.55. The van der Waals surface area contributed by atoms with Crippen LogP contribution in [0, 0.1) is 0 Å². The summed E-state index contributed by atoms with van der Waals surface area (Å²) in [5.41, 5.74) is 0. The van der Waals surface area contributed by atoms with Crippen molar-refractivity contribution in [3.8, 4) is 0 Å². The van der Waals surface area contributed by atoms with Gasteiger partial charge < -0.3 is 23.8 Å². The third-order valence-electron chi connectivity index (χ3n) is 8.72. The van der Waals surface area contributed by atoms with Gasteiger partial charge in [-0.2, -0.15) is 0 Å². The fourth-order valence-electron chi connectivity index (χ4n) is 5.52. The van der Waals surface area contributed by atoms with Gasteiger partial charge in [-0.3, -0.25) is 9.59 Å². The summed E-state index contributed by atoms with van der Waals surface area (Å²) in [5, 5.41) is 9.60. The standard InChI is InChI=1S/C45H75NO7/c1-6-8-10-12-14-16-18-20-22-24-25-27-29-31-33-35-43(47)52-40-41(39-51-38-37-42(45(49)50)46(3,4)5)53-44(48)36-34-32-30-28-26-23-21-19-17-15-13-11-9-7-2/h8,10,12,14,16,18,20,22-26,41-42H,6-7,9,11,13,15,17,19,21,27-40H2,1-5H3/p+1/b10-8+,14-12+,18-16+,22-20+,25-24+,26-23+. The van der Waals surface area contributed by atoms with Gasteiger partial charge in [0.2, 0.25) is 0 Å². The lowest BCUT2D eigenvalue weighted by Crippen LogP contribution is -2.50. The number of hydrogen-bond acceptors (Lipinski definition) is 6. The van der Waals surface area contributed by atoms with E-state index in [1.54, 1.807) is 0 Å². The molecule has 0 fully saturated rings. The molecule has 0 amide bonds. The molecular formula is C45H76NO7+. The molecule has 0 aromatic rings. The van der Waals surface area contributed by atoms with Gasteiger partial charge >= 0.3 is 17.9 Å². The van der Waals surface area contributed by atoms with E-state index in [4.69, 9.17) is 14.2 Å². The predicted octanol–water partition coefficient (Wildman–Crippen LogP) is 10.8. The van der Waals surface area contributed by atoms with Crippen LogP contribution in [0.25, 0.3) is 0 Å². The number of nitrogens with zero attached hydrogens (tertiary/aromatic N) is 1. The van der Waals surface area contributed by atoms with E-state index in [1.807, 2.05) is 69.8 Å². The zero-order chi connectivity index (χ0) is 39.3. The first-order valence-electron chi connectivity index (χ1n) is 20.5. The molecule has 8 nitrogen and oxygen atoms in total. The second-order valence-corrected chi connectivity index (χ2v) is 14.6. The van der Waals surface area contributed by atoms with Crippen LogP contribution >= 0.6 is 0 Å². The number of carboxylic acid groups (broad SMARTS) is 1. The van der Waals surface area contributed by atoms with E-state index in [2.05, 4.69) is 38.2 Å². The summed E-state index contributed by atoms with van der Waals surface area (Å²) >= 11 is 0. The number of esters is 2. The van der Waals surface area contributed by atoms with Crippen molar-refractivity contribution >= 4 is 17.9 Å². The van der Waals surface area contributed by atoms with Crippen molar-refractivity contribution in [2.24, 2.45) is 0 Å². The van der Waals surface area contributed by atoms with Crippen molar-refractivity contribution < 1.29 is 38.2 Å². The molecule has 0 saturated carbocycles. The molecule has 0 spiro atoms. The van der Waals surface area contributed by atoms with Gasteiger partial charge in [0.15, 0.2) is 12.1 Å². The number of ether oxygens (including phenoxy) is 3. The van der Waals surface area contributed by atoms with Gasteiger partial charge in [0.1, 0.15) is 6.61 Å². The third kappa shape index (κ3) is 34.3. The van der Waals surface area contributed by atoms with Gasteiger partial charge in [0.05, 0.1) is 34.4 Å². The van der Waals surface area contributed by atoms with Gasteiger partial charge in [-0.25, -0.2) is 4.79 Å². The molecule has 0 aliphatic carbocycles. The highest BCUT2D eigenvalue weighted by atomic mass is 16.6. The number of likely N-dealkylation sites (N-methyl/N-ethyl adjacent to an activating group) is 1. The van der Waals surface area contributed by atoms with Crippen molar-refractivity contribution in [3.05, 3.63) is 72.9 Å². The number of carbonyl (C=O) groups excluding carboxylic acids is 2. The lowest BCUT2D eigenvalue weighted by Gasteiger charge is -2.31. The Labute approximate surface area is 323 Å². The molecular weight excluding hydrogens is 666 g/mol. The Kier molecular flexibility index (Phi) is 33.6. The van der Waals surface area contributed by atoms with Crippen molar-refractivity contribution in [2.75, 3.05) is 41.0 Å². The fraction of sp³-hybridized carbons (Fsp3) is 0.667. The van der Waals surface area contributed by atoms with Gasteiger partial charge in [-0.1, -0.05) is 138 Å². The minimum absolute atomic E-state index is 0.0373. The number of carboxylic acids is 1. The Bertz CT molecular complexity index is 1100. The highest BCUT2D eigenvalue weighted by molar-refractivity contribution is 5.72. The largest absolute Gasteiger partial charge is 0.477 e. The topological polar surface area (TPSA) is 99.1 Å². The highest BCUT2D eigenvalue weighted by Crippen LogP contribution is 2.12. The molecule has 53 heavy (non-hydrogen) atoms. The van der Waals surface area contributed by atoms with Crippen molar-refractivity contribution in [1.82, 2.24) is 0 Å². The van der Waals surface area contributed by atoms with Crippen LogP contribution in [0.3, 0.4) is 0 Å². The second kappa shape index (κ2) is 35.8. The maximum Gasteiger partial charge on any atom is 0.362 e. The summed E-state index contributed by atoms with van der Waals surface area (Å²) in [6.07, 6.45) is 43.7. The number of quaternary nitrogens is 1. The number of rotatable bonds is 35. The first kappa shape index (κ1) is 49.8. The Hall–Kier alpha value is -3.23. The molecule has 2 atom stereocenters. The molecule has 1 N–H and O–H groups in total. The lowest BCUT2D eigenvalue weighted by atomic mass is 10.1. The van der Waals surface area contributed by atoms with Gasteiger partial charge in [0, 0.05) is 19.3 Å². The van der Waals surface area contributed by atoms with Crippen LogP contribution < -0.4 is 0 Å². The normalized spacial score (nSPS) is 13.8. The SMILES string of the molecule is CC/C=C/C=C/C=C/C=C/C=C/CCCCCC(=O)OCC(COCCC(C(=O)O)[N+](C)(C)C)OC(=O)CCCCC/C=C/CCCCCCCCC. The predicted molar refractivity (Wildman–Crippen MR) is 220 cm³/mol. The molecule has 0 rings (SSSR count). The molecule has 0 aliphatic heterocycles. The van der Waals surface area contributed by atoms with Gasteiger partial charge in [0.25, 0.3) is 0 Å². The van der Waals surface area contributed by atoms with Crippen LogP contribution in [0.2, 0.25) is 0 Å². The van der Waals surface area contributed by atoms with Gasteiger partial charge in [-0.15, -0.1) is 0 Å². The fourth-order valence-corrected chi connectivity index (χ4v) is 5.52. The van der Waals surface area contributed by atoms with E-state index in [9.17, 15) is 19.5 Å². The quantitative estimate of drug-likeness (QED) is 0.0227. The first-order chi connectivity index (χ1) is 25.6. The molecule has 0 aliphatic rings. The van der Waals surface area contributed by atoms with E-state index < -0.39 is 18.1 Å². The minimum Gasteiger partial charge on any atom is -0.477 e. The minimum atomic E-state index is -0.887. The monoisotopic (exact) mass is 743 g/mol.